The van der Waals surface area contributed by atoms with E-state index >= 15 is 0 Å². The van der Waals surface area contributed by atoms with Crippen molar-refractivity contribution in [2.45, 2.75) is 26.2 Å². The zero-order valence-electron chi connectivity index (χ0n) is 12.0. The van der Waals surface area contributed by atoms with Crippen molar-refractivity contribution in [3.05, 3.63) is 58.1 Å². The normalized spacial score (nSPS) is 10.4. The molecule has 3 nitrogen and oxygen atoms in total. The van der Waals surface area contributed by atoms with Crippen molar-refractivity contribution >= 4 is 33.2 Å². The van der Waals surface area contributed by atoms with Crippen molar-refractivity contribution in [1.82, 2.24) is 0 Å². The monoisotopic (exact) mass is 346 g/mol. The number of anilines is 2. The molecule has 0 aliphatic carbocycles. The molecule has 0 fully saturated rings. The van der Waals surface area contributed by atoms with E-state index in [-0.39, 0.29) is 5.91 Å². The third-order valence-corrected chi connectivity index (χ3v) is 3.84. The molecule has 0 saturated carbocycles. The quantitative estimate of drug-likeness (QED) is 0.798. The molecule has 0 spiro atoms. The molecule has 0 aliphatic rings. The number of nitrogens with two attached hydrogens (primary N) is 1. The number of nitrogen functional groups attached to an aromatic ring is 1. The Hall–Kier alpha value is -1.81. The molecule has 4 heteroatoms. The van der Waals surface area contributed by atoms with E-state index in [1.54, 1.807) is 0 Å². The number of rotatable bonds is 5. The van der Waals surface area contributed by atoms with Gasteiger partial charge in [0.1, 0.15) is 0 Å². The van der Waals surface area contributed by atoms with Crippen LogP contribution in [0.5, 0.6) is 0 Å². The number of carbonyl (C=O) groups excluding carboxylic acids is 1. The molecule has 2 rings (SSSR count). The molecule has 0 heterocycles. The lowest BCUT2D eigenvalue weighted by atomic mass is 10.1. The molecule has 0 unspecified atom stereocenters. The summed E-state index contributed by atoms with van der Waals surface area (Å²) < 4.78 is 1.03. The Balaban J connectivity index is 1.94. The molecule has 3 N–H and O–H groups in total. The fraction of sp³-hybridized carbons (Fsp3) is 0.235. The van der Waals surface area contributed by atoms with Gasteiger partial charge >= 0.3 is 0 Å². The molecule has 0 bridgehead atoms. The maximum absolute atomic E-state index is 12.1. The van der Waals surface area contributed by atoms with E-state index in [0.717, 1.165) is 33.4 Å². The third kappa shape index (κ3) is 4.60. The Morgan fingerprint density at radius 2 is 1.90 bits per heavy atom. The molecular weight excluding hydrogens is 328 g/mol. The summed E-state index contributed by atoms with van der Waals surface area (Å²) in [6, 6.07) is 13.5. The van der Waals surface area contributed by atoms with Crippen LogP contribution in [0.15, 0.2) is 46.9 Å². The summed E-state index contributed by atoms with van der Waals surface area (Å²) in [5, 5.41) is 2.99. The number of hydrogen-bond donors (Lipinski definition) is 2. The highest BCUT2D eigenvalue weighted by molar-refractivity contribution is 9.10. The van der Waals surface area contributed by atoms with Gasteiger partial charge in [0.05, 0.1) is 0 Å². The molecule has 1 amide bonds. The molecule has 110 valence electrons. The van der Waals surface area contributed by atoms with E-state index in [2.05, 4.69) is 28.2 Å². The second-order valence-corrected chi connectivity index (χ2v) is 5.86. The first-order chi connectivity index (χ1) is 10.1. The van der Waals surface area contributed by atoms with E-state index < -0.39 is 0 Å². The van der Waals surface area contributed by atoms with Crippen molar-refractivity contribution in [2.75, 3.05) is 11.1 Å². The number of halogens is 1. The summed E-state index contributed by atoms with van der Waals surface area (Å²) in [4.78, 5) is 12.1. The highest BCUT2D eigenvalue weighted by Gasteiger charge is 2.07. The van der Waals surface area contributed by atoms with Gasteiger partial charge in [0.15, 0.2) is 0 Å². The minimum atomic E-state index is 0.0313. The fourth-order valence-electron chi connectivity index (χ4n) is 2.13. The van der Waals surface area contributed by atoms with Crippen LogP contribution in [-0.2, 0) is 17.6 Å². The highest BCUT2D eigenvalue weighted by atomic mass is 79.9. The summed E-state index contributed by atoms with van der Waals surface area (Å²) in [7, 11) is 0. The Kier molecular flexibility index (Phi) is 5.39. The Labute approximate surface area is 133 Å². The third-order valence-electron chi connectivity index (χ3n) is 3.34. The van der Waals surface area contributed by atoms with Gasteiger partial charge in [-0.05, 0) is 54.3 Å². The van der Waals surface area contributed by atoms with Crippen molar-refractivity contribution in [3.8, 4) is 0 Å². The molecule has 0 aromatic heterocycles. The van der Waals surface area contributed by atoms with Crippen LogP contribution in [0.25, 0.3) is 0 Å². The van der Waals surface area contributed by atoms with Crippen LogP contribution >= 0.6 is 15.9 Å². The van der Waals surface area contributed by atoms with Crippen LogP contribution in [0.2, 0.25) is 0 Å². The molecular formula is C17H19BrN2O. The van der Waals surface area contributed by atoms with Gasteiger partial charge in [0, 0.05) is 22.3 Å². The van der Waals surface area contributed by atoms with Crippen LogP contribution in [0.4, 0.5) is 11.4 Å². The summed E-state index contributed by atoms with van der Waals surface area (Å²) in [6.07, 6.45) is 2.06. The van der Waals surface area contributed by atoms with Crippen LogP contribution in [0.1, 0.15) is 24.5 Å². The van der Waals surface area contributed by atoms with Crippen molar-refractivity contribution in [1.29, 1.82) is 0 Å². The number of amides is 1. The zero-order valence-corrected chi connectivity index (χ0v) is 13.6. The highest BCUT2D eigenvalue weighted by Crippen LogP contribution is 2.22. The average molecular weight is 347 g/mol. The number of benzene rings is 2. The van der Waals surface area contributed by atoms with E-state index in [1.807, 2.05) is 42.5 Å². The molecule has 0 atom stereocenters. The number of carbonyl (C=O) groups is 1. The smallest absolute Gasteiger partial charge is 0.224 e. The molecule has 2 aromatic carbocycles. The summed E-state index contributed by atoms with van der Waals surface area (Å²) in [5.41, 5.74) is 9.53. The first kappa shape index (κ1) is 15.6. The minimum Gasteiger partial charge on any atom is -0.399 e. The number of aryl methyl sites for hydroxylation is 2. The second-order valence-electron chi connectivity index (χ2n) is 4.94. The van der Waals surface area contributed by atoms with Crippen molar-refractivity contribution in [3.63, 3.8) is 0 Å². The largest absolute Gasteiger partial charge is 0.399 e. The van der Waals surface area contributed by atoms with Crippen LogP contribution in [0.3, 0.4) is 0 Å². The minimum absolute atomic E-state index is 0.0313. The average Bonchev–Trinajstić information content (AvgIpc) is 2.48. The van der Waals surface area contributed by atoms with Gasteiger partial charge < -0.3 is 11.1 Å². The summed E-state index contributed by atoms with van der Waals surface area (Å²) >= 11 is 3.45. The van der Waals surface area contributed by atoms with Gasteiger partial charge in [0.25, 0.3) is 0 Å². The second kappa shape index (κ2) is 7.27. The predicted molar refractivity (Wildman–Crippen MR) is 91.3 cm³/mol. The zero-order chi connectivity index (χ0) is 15.2. The fourth-order valence-corrected chi connectivity index (χ4v) is 2.54. The SMILES string of the molecule is CCc1cc(Br)ccc1NC(=O)CCc1ccc(N)cc1. The maximum Gasteiger partial charge on any atom is 0.224 e. The van der Waals surface area contributed by atoms with E-state index in [1.165, 1.54) is 0 Å². The maximum atomic E-state index is 12.1. The van der Waals surface area contributed by atoms with Gasteiger partial charge in [-0.2, -0.15) is 0 Å². The number of hydrogen-bond acceptors (Lipinski definition) is 2. The van der Waals surface area contributed by atoms with Crippen LogP contribution < -0.4 is 11.1 Å². The summed E-state index contributed by atoms with van der Waals surface area (Å²) in [5.74, 6) is 0.0313. The van der Waals surface area contributed by atoms with Gasteiger partial charge in [-0.25, -0.2) is 0 Å². The Bertz CT molecular complexity index is 623. The number of nitrogens with one attached hydrogen (secondary N) is 1. The Morgan fingerprint density at radius 3 is 2.57 bits per heavy atom. The topological polar surface area (TPSA) is 55.1 Å². The van der Waals surface area contributed by atoms with Gasteiger partial charge in [-0.15, -0.1) is 0 Å². The first-order valence-corrected chi connectivity index (χ1v) is 7.80. The van der Waals surface area contributed by atoms with E-state index in [0.29, 0.717) is 12.8 Å². The predicted octanol–water partition coefficient (Wildman–Crippen LogP) is 4.17. The van der Waals surface area contributed by atoms with Crippen molar-refractivity contribution in [2.24, 2.45) is 0 Å². The van der Waals surface area contributed by atoms with Gasteiger partial charge in [-0.1, -0.05) is 35.0 Å². The van der Waals surface area contributed by atoms with Gasteiger partial charge in [-0.3, -0.25) is 4.79 Å². The van der Waals surface area contributed by atoms with Crippen LogP contribution in [-0.4, -0.2) is 5.91 Å². The molecule has 0 radical (unpaired) electrons. The summed E-state index contributed by atoms with van der Waals surface area (Å²) in [6.45, 7) is 2.08. The van der Waals surface area contributed by atoms with E-state index in [4.69, 9.17) is 5.73 Å². The lowest BCUT2D eigenvalue weighted by Crippen LogP contribution is -2.13. The molecule has 2 aromatic rings. The lowest BCUT2D eigenvalue weighted by Gasteiger charge is -2.10. The lowest BCUT2D eigenvalue weighted by molar-refractivity contribution is -0.116. The Morgan fingerprint density at radius 1 is 1.19 bits per heavy atom. The van der Waals surface area contributed by atoms with Crippen molar-refractivity contribution < 1.29 is 4.79 Å². The van der Waals surface area contributed by atoms with Gasteiger partial charge in [0.2, 0.25) is 5.91 Å². The van der Waals surface area contributed by atoms with Crippen LogP contribution in [0, 0.1) is 0 Å². The first-order valence-electron chi connectivity index (χ1n) is 7.01. The molecule has 21 heavy (non-hydrogen) atoms. The molecule has 0 saturated heterocycles. The standard InChI is InChI=1S/C17H19BrN2O/c1-2-13-11-14(18)6-9-16(13)20-17(21)10-5-12-3-7-15(19)8-4-12/h3-4,6-9,11H,2,5,10,19H2,1H3,(H,20,21). The van der Waals surface area contributed by atoms with E-state index in [9.17, 15) is 4.79 Å². The molecule has 0 aliphatic heterocycles.